The molecule has 1 amide bonds. The SMILES string of the molecule is CCOCCN(C)c1cc2c(cc1Cl)C(O)C(=O)N2. The van der Waals surface area contributed by atoms with E-state index >= 15 is 0 Å². The number of halogens is 1. The number of aliphatic hydroxyl groups excluding tert-OH is 1. The van der Waals surface area contributed by atoms with Crippen molar-refractivity contribution >= 4 is 28.9 Å². The second-order valence-electron chi connectivity index (χ2n) is 4.40. The van der Waals surface area contributed by atoms with Gasteiger partial charge in [-0.25, -0.2) is 0 Å². The molecule has 19 heavy (non-hydrogen) atoms. The number of benzene rings is 1. The van der Waals surface area contributed by atoms with E-state index < -0.39 is 12.0 Å². The van der Waals surface area contributed by atoms with Crippen LogP contribution < -0.4 is 10.2 Å². The lowest BCUT2D eigenvalue weighted by atomic mass is 10.1. The summed E-state index contributed by atoms with van der Waals surface area (Å²) in [5.74, 6) is -0.416. The van der Waals surface area contributed by atoms with Crippen LogP contribution >= 0.6 is 11.6 Å². The van der Waals surface area contributed by atoms with E-state index in [2.05, 4.69) is 5.32 Å². The molecule has 0 fully saturated rings. The number of anilines is 2. The first-order valence-electron chi connectivity index (χ1n) is 6.15. The average molecular weight is 285 g/mol. The molecule has 0 saturated heterocycles. The third-order valence-corrected chi connectivity index (χ3v) is 3.41. The molecule has 1 heterocycles. The highest BCUT2D eigenvalue weighted by Crippen LogP contribution is 2.38. The molecule has 1 aromatic carbocycles. The Balaban J connectivity index is 2.19. The Morgan fingerprint density at radius 3 is 2.95 bits per heavy atom. The van der Waals surface area contributed by atoms with Gasteiger partial charge in [0.15, 0.2) is 6.10 Å². The maximum Gasteiger partial charge on any atom is 0.257 e. The molecule has 6 heteroatoms. The Morgan fingerprint density at radius 1 is 1.53 bits per heavy atom. The number of nitrogens with zero attached hydrogens (tertiary/aromatic N) is 1. The summed E-state index contributed by atoms with van der Waals surface area (Å²) < 4.78 is 5.30. The number of hydrogen-bond acceptors (Lipinski definition) is 4. The van der Waals surface area contributed by atoms with Crippen LogP contribution in [0.5, 0.6) is 0 Å². The van der Waals surface area contributed by atoms with Gasteiger partial charge in [0.25, 0.3) is 5.91 Å². The van der Waals surface area contributed by atoms with Crippen LogP contribution in [0.3, 0.4) is 0 Å². The number of hydrogen-bond donors (Lipinski definition) is 2. The molecule has 1 aromatic rings. The van der Waals surface area contributed by atoms with E-state index in [0.29, 0.717) is 36.0 Å². The van der Waals surface area contributed by atoms with E-state index in [1.807, 2.05) is 18.9 Å². The predicted octanol–water partition coefficient (Wildman–Crippen LogP) is 1.80. The first kappa shape index (κ1) is 14.1. The predicted molar refractivity (Wildman–Crippen MR) is 74.8 cm³/mol. The molecule has 104 valence electrons. The van der Waals surface area contributed by atoms with Crippen molar-refractivity contribution in [1.29, 1.82) is 0 Å². The maximum atomic E-state index is 11.4. The van der Waals surface area contributed by atoms with Gasteiger partial charge >= 0.3 is 0 Å². The summed E-state index contributed by atoms with van der Waals surface area (Å²) in [5, 5.41) is 12.8. The van der Waals surface area contributed by atoms with Crippen LogP contribution in [-0.4, -0.2) is 37.8 Å². The molecule has 1 aliphatic heterocycles. The standard InChI is InChI=1S/C13H17ClN2O3/c1-3-19-5-4-16(2)11-7-10-8(6-9(11)14)12(17)13(18)15-10/h6-7,12,17H,3-5H2,1-2H3,(H,15,18). The molecule has 0 spiro atoms. The second-order valence-corrected chi connectivity index (χ2v) is 4.81. The van der Waals surface area contributed by atoms with Gasteiger partial charge in [0, 0.05) is 31.5 Å². The van der Waals surface area contributed by atoms with E-state index in [1.165, 1.54) is 0 Å². The van der Waals surface area contributed by atoms with Crippen molar-refractivity contribution in [1.82, 2.24) is 0 Å². The minimum atomic E-state index is -1.13. The smallest absolute Gasteiger partial charge is 0.257 e. The molecule has 2 N–H and O–H groups in total. The summed E-state index contributed by atoms with van der Waals surface area (Å²) in [6, 6.07) is 3.41. The van der Waals surface area contributed by atoms with E-state index in [-0.39, 0.29) is 0 Å². The quantitative estimate of drug-likeness (QED) is 0.810. The van der Waals surface area contributed by atoms with Crippen LogP contribution in [0.15, 0.2) is 12.1 Å². The zero-order chi connectivity index (χ0) is 14.0. The zero-order valence-corrected chi connectivity index (χ0v) is 11.7. The molecule has 1 aliphatic rings. The normalized spacial score (nSPS) is 17.3. The second kappa shape index (κ2) is 5.77. The van der Waals surface area contributed by atoms with Gasteiger partial charge in [-0.1, -0.05) is 11.6 Å². The summed E-state index contributed by atoms with van der Waals surface area (Å²) >= 11 is 6.20. The molecular weight excluding hydrogens is 268 g/mol. The highest BCUT2D eigenvalue weighted by Gasteiger charge is 2.29. The van der Waals surface area contributed by atoms with Crippen LogP contribution in [0.25, 0.3) is 0 Å². The fraction of sp³-hybridized carbons (Fsp3) is 0.462. The Morgan fingerprint density at radius 2 is 2.26 bits per heavy atom. The van der Waals surface area contributed by atoms with E-state index in [9.17, 15) is 9.90 Å². The topological polar surface area (TPSA) is 61.8 Å². The Kier molecular flexibility index (Phi) is 4.29. The van der Waals surface area contributed by atoms with Crippen molar-refractivity contribution in [2.45, 2.75) is 13.0 Å². The third-order valence-electron chi connectivity index (χ3n) is 3.11. The number of carbonyl (C=O) groups is 1. The number of rotatable bonds is 5. The molecular formula is C13H17ClN2O3. The summed E-state index contributed by atoms with van der Waals surface area (Å²) in [4.78, 5) is 13.4. The summed E-state index contributed by atoms with van der Waals surface area (Å²) in [7, 11) is 1.90. The average Bonchev–Trinajstić information content (AvgIpc) is 2.65. The highest BCUT2D eigenvalue weighted by atomic mass is 35.5. The van der Waals surface area contributed by atoms with Crippen LogP contribution in [-0.2, 0) is 9.53 Å². The molecule has 0 radical (unpaired) electrons. The van der Waals surface area contributed by atoms with Crippen molar-refractivity contribution in [2.24, 2.45) is 0 Å². The van der Waals surface area contributed by atoms with Gasteiger partial charge in [-0.15, -0.1) is 0 Å². The molecule has 5 nitrogen and oxygen atoms in total. The van der Waals surface area contributed by atoms with Gasteiger partial charge in [-0.2, -0.15) is 0 Å². The molecule has 2 rings (SSSR count). The molecule has 0 aliphatic carbocycles. The number of carbonyl (C=O) groups excluding carboxylic acids is 1. The summed E-state index contributed by atoms with van der Waals surface area (Å²) in [6.45, 7) is 3.92. The number of likely N-dealkylation sites (N-methyl/N-ethyl adjacent to an activating group) is 1. The van der Waals surface area contributed by atoms with Gasteiger partial charge < -0.3 is 20.1 Å². The van der Waals surface area contributed by atoms with Crippen molar-refractivity contribution in [3.05, 3.63) is 22.7 Å². The fourth-order valence-electron chi connectivity index (χ4n) is 2.01. The van der Waals surface area contributed by atoms with Crippen molar-refractivity contribution in [2.75, 3.05) is 37.0 Å². The number of ether oxygens (including phenoxy) is 1. The molecule has 1 unspecified atom stereocenters. The van der Waals surface area contributed by atoms with Crippen LogP contribution in [0.1, 0.15) is 18.6 Å². The maximum absolute atomic E-state index is 11.4. The monoisotopic (exact) mass is 284 g/mol. The van der Waals surface area contributed by atoms with Gasteiger partial charge in [0.05, 0.1) is 17.3 Å². The van der Waals surface area contributed by atoms with Crippen LogP contribution in [0, 0.1) is 0 Å². The molecule has 1 atom stereocenters. The van der Waals surface area contributed by atoms with E-state index in [1.54, 1.807) is 12.1 Å². The van der Waals surface area contributed by atoms with E-state index in [0.717, 1.165) is 5.69 Å². The number of aliphatic hydroxyl groups is 1. The Hall–Kier alpha value is -1.30. The van der Waals surface area contributed by atoms with Gasteiger partial charge in [0.1, 0.15) is 0 Å². The first-order valence-corrected chi connectivity index (χ1v) is 6.53. The number of amides is 1. The van der Waals surface area contributed by atoms with Crippen LogP contribution in [0.4, 0.5) is 11.4 Å². The summed E-state index contributed by atoms with van der Waals surface area (Å²) in [6.07, 6.45) is -1.13. The first-order chi connectivity index (χ1) is 9.04. The lowest BCUT2D eigenvalue weighted by Gasteiger charge is -2.21. The highest BCUT2D eigenvalue weighted by molar-refractivity contribution is 6.33. The lowest BCUT2D eigenvalue weighted by molar-refractivity contribution is -0.123. The minimum Gasteiger partial charge on any atom is -0.380 e. The van der Waals surface area contributed by atoms with Crippen molar-refractivity contribution in [3.8, 4) is 0 Å². The lowest BCUT2D eigenvalue weighted by Crippen LogP contribution is -2.23. The third kappa shape index (κ3) is 2.83. The van der Waals surface area contributed by atoms with E-state index in [4.69, 9.17) is 16.3 Å². The molecule has 0 bridgehead atoms. The number of fused-ring (bicyclic) bond motifs is 1. The number of nitrogens with one attached hydrogen (secondary N) is 1. The summed E-state index contributed by atoms with van der Waals surface area (Å²) in [5.41, 5.74) is 1.94. The fourth-order valence-corrected chi connectivity index (χ4v) is 2.33. The Labute approximate surface area is 117 Å². The largest absolute Gasteiger partial charge is 0.380 e. The van der Waals surface area contributed by atoms with Gasteiger partial charge in [0.2, 0.25) is 0 Å². The van der Waals surface area contributed by atoms with Gasteiger partial charge in [-0.3, -0.25) is 4.79 Å². The molecule has 0 saturated carbocycles. The van der Waals surface area contributed by atoms with Crippen molar-refractivity contribution < 1.29 is 14.6 Å². The molecule has 0 aromatic heterocycles. The van der Waals surface area contributed by atoms with Gasteiger partial charge in [-0.05, 0) is 19.1 Å². The Bertz CT molecular complexity index is 493. The van der Waals surface area contributed by atoms with Crippen LogP contribution in [0.2, 0.25) is 5.02 Å². The van der Waals surface area contributed by atoms with Crippen molar-refractivity contribution in [3.63, 3.8) is 0 Å². The zero-order valence-electron chi connectivity index (χ0n) is 10.9. The minimum absolute atomic E-state index is 0.416.